The van der Waals surface area contributed by atoms with E-state index in [1.807, 2.05) is 18.2 Å². The zero-order chi connectivity index (χ0) is 15.5. The Kier molecular flexibility index (Phi) is 3.92. The van der Waals surface area contributed by atoms with Crippen LogP contribution in [0, 0.1) is 13.8 Å². The predicted octanol–water partition coefficient (Wildman–Crippen LogP) is 6.04. The first-order chi connectivity index (χ1) is 10.7. The van der Waals surface area contributed by atoms with Gasteiger partial charge in [-0.25, -0.2) is 4.98 Å². The molecular formula is C17H14N4S. The van der Waals surface area contributed by atoms with Crippen LogP contribution in [0.4, 0.5) is 5.69 Å². The highest BCUT2D eigenvalue weighted by Crippen LogP contribution is 2.31. The molecule has 1 aromatic heterocycles. The summed E-state index contributed by atoms with van der Waals surface area (Å²) in [5, 5.41) is 6.61. The molecule has 0 saturated heterocycles. The molecule has 0 unspecified atom stereocenters. The molecule has 0 bridgehead atoms. The van der Waals surface area contributed by atoms with E-state index in [0.29, 0.717) is 5.69 Å². The minimum Gasteiger partial charge on any atom is -0.236 e. The van der Waals surface area contributed by atoms with Gasteiger partial charge in [-0.3, -0.25) is 0 Å². The van der Waals surface area contributed by atoms with E-state index in [1.54, 1.807) is 17.4 Å². The van der Waals surface area contributed by atoms with E-state index in [9.17, 15) is 0 Å². The van der Waals surface area contributed by atoms with E-state index in [0.717, 1.165) is 21.8 Å². The van der Waals surface area contributed by atoms with E-state index in [-0.39, 0.29) is 0 Å². The molecule has 22 heavy (non-hydrogen) atoms. The number of thiazole rings is 1. The van der Waals surface area contributed by atoms with E-state index in [2.05, 4.69) is 47.5 Å². The van der Waals surface area contributed by atoms with Gasteiger partial charge in [-0.15, -0.1) is 11.3 Å². The Morgan fingerprint density at radius 2 is 1.91 bits per heavy atom. The van der Waals surface area contributed by atoms with Crippen LogP contribution in [0.3, 0.4) is 0 Å². The summed E-state index contributed by atoms with van der Waals surface area (Å²) in [6.45, 7) is 4.21. The second-order valence-electron chi connectivity index (χ2n) is 5.08. The highest BCUT2D eigenvalue weighted by molar-refractivity contribution is 7.13. The van der Waals surface area contributed by atoms with Crippen molar-refractivity contribution in [3.05, 3.63) is 69.4 Å². The number of aromatic nitrogens is 1. The lowest BCUT2D eigenvalue weighted by atomic mass is 10.1. The number of rotatable bonds is 3. The first kappa shape index (κ1) is 14.3. The summed E-state index contributed by atoms with van der Waals surface area (Å²) < 4.78 is 0. The number of nitrogens with zero attached hydrogens (tertiary/aromatic N) is 4. The monoisotopic (exact) mass is 306 g/mol. The summed E-state index contributed by atoms with van der Waals surface area (Å²) >= 11 is 1.59. The molecule has 0 aliphatic carbocycles. The van der Waals surface area contributed by atoms with Gasteiger partial charge < -0.3 is 0 Å². The molecule has 0 spiro atoms. The topological polar surface area (TPSA) is 61.7 Å². The van der Waals surface area contributed by atoms with Gasteiger partial charge in [0.2, 0.25) is 0 Å². The van der Waals surface area contributed by atoms with Gasteiger partial charge in [0.1, 0.15) is 5.01 Å². The Balaban J connectivity index is 1.98. The SMILES string of the molecule is Cc1ccc(-c2csc(-c3cccc(N=[N+]=[N-])c3)n2)cc1C. The molecule has 0 atom stereocenters. The molecule has 108 valence electrons. The van der Waals surface area contributed by atoms with Crippen LogP contribution in [-0.4, -0.2) is 4.98 Å². The summed E-state index contributed by atoms with van der Waals surface area (Å²) in [6, 6.07) is 13.8. The van der Waals surface area contributed by atoms with Crippen molar-refractivity contribution in [1.29, 1.82) is 0 Å². The number of benzene rings is 2. The van der Waals surface area contributed by atoms with Crippen molar-refractivity contribution < 1.29 is 0 Å². The van der Waals surface area contributed by atoms with Crippen LogP contribution in [0.5, 0.6) is 0 Å². The fourth-order valence-electron chi connectivity index (χ4n) is 2.19. The van der Waals surface area contributed by atoms with E-state index >= 15 is 0 Å². The van der Waals surface area contributed by atoms with Crippen LogP contribution in [0.15, 0.2) is 53.0 Å². The molecule has 3 aromatic rings. The van der Waals surface area contributed by atoms with Crippen molar-refractivity contribution >= 4 is 17.0 Å². The van der Waals surface area contributed by atoms with Gasteiger partial charge in [0.05, 0.1) is 5.69 Å². The Bertz CT molecular complexity index is 876. The standard InChI is InChI=1S/C17H14N4S/c1-11-6-7-13(8-12(11)2)16-10-22-17(19-16)14-4-3-5-15(9-14)20-21-18/h3-10H,1-2H3. The van der Waals surface area contributed by atoms with Crippen molar-refractivity contribution in [1.82, 2.24) is 4.98 Å². The number of azide groups is 1. The summed E-state index contributed by atoms with van der Waals surface area (Å²) in [6.07, 6.45) is 0. The van der Waals surface area contributed by atoms with E-state index < -0.39 is 0 Å². The van der Waals surface area contributed by atoms with Crippen molar-refractivity contribution in [2.75, 3.05) is 0 Å². The van der Waals surface area contributed by atoms with Crippen molar-refractivity contribution in [3.63, 3.8) is 0 Å². The second kappa shape index (κ2) is 6.02. The molecule has 0 aliphatic heterocycles. The largest absolute Gasteiger partial charge is 0.236 e. The van der Waals surface area contributed by atoms with Gasteiger partial charge in [0.25, 0.3) is 0 Å². The quantitative estimate of drug-likeness (QED) is 0.331. The smallest absolute Gasteiger partial charge is 0.124 e. The summed E-state index contributed by atoms with van der Waals surface area (Å²) in [7, 11) is 0. The Hall–Kier alpha value is -2.62. The second-order valence-corrected chi connectivity index (χ2v) is 5.93. The predicted molar refractivity (Wildman–Crippen MR) is 91.3 cm³/mol. The maximum absolute atomic E-state index is 8.53. The van der Waals surface area contributed by atoms with Crippen LogP contribution in [-0.2, 0) is 0 Å². The maximum Gasteiger partial charge on any atom is 0.124 e. The molecule has 3 rings (SSSR count). The van der Waals surface area contributed by atoms with Crippen LogP contribution in [0.1, 0.15) is 11.1 Å². The molecule has 0 saturated carbocycles. The van der Waals surface area contributed by atoms with Crippen LogP contribution in [0.25, 0.3) is 32.3 Å². The van der Waals surface area contributed by atoms with Crippen LogP contribution >= 0.6 is 11.3 Å². The van der Waals surface area contributed by atoms with Gasteiger partial charge in [-0.1, -0.05) is 35.4 Å². The number of hydrogen-bond donors (Lipinski definition) is 0. The fraction of sp³-hybridized carbons (Fsp3) is 0.118. The van der Waals surface area contributed by atoms with E-state index in [4.69, 9.17) is 10.5 Å². The molecule has 4 nitrogen and oxygen atoms in total. The molecule has 0 aliphatic rings. The van der Waals surface area contributed by atoms with Gasteiger partial charge in [0, 0.05) is 27.1 Å². The number of aryl methyl sites for hydroxylation is 2. The highest BCUT2D eigenvalue weighted by Gasteiger charge is 2.08. The van der Waals surface area contributed by atoms with Gasteiger partial charge in [-0.05, 0) is 42.6 Å². The van der Waals surface area contributed by atoms with E-state index in [1.165, 1.54) is 11.1 Å². The molecule has 0 fully saturated rings. The van der Waals surface area contributed by atoms with Crippen molar-refractivity contribution in [2.24, 2.45) is 5.11 Å². The summed E-state index contributed by atoms with van der Waals surface area (Å²) in [5.41, 5.74) is 14.7. The summed E-state index contributed by atoms with van der Waals surface area (Å²) in [5.74, 6) is 0. The highest BCUT2D eigenvalue weighted by atomic mass is 32.1. The third-order valence-electron chi connectivity index (χ3n) is 3.56. The lowest BCUT2D eigenvalue weighted by molar-refractivity contribution is 1.32. The number of hydrogen-bond acceptors (Lipinski definition) is 3. The van der Waals surface area contributed by atoms with Crippen LogP contribution < -0.4 is 0 Å². The Morgan fingerprint density at radius 1 is 1.05 bits per heavy atom. The average Bonchev–Trinajstić information content (AvgIpc) is 3.01. The van der Waals surface area contributed by atoms with Crippen molar-refractivity contribution in [2.45, 2.75) is 13.8 Å². The molecule has 1 heterocycles. The maximum atomic E-state index is 8.53. The first-order valence-electron chi connectivity index (χ1n) is 6.86. The molecular weight excluding hydrogens is 292 g/mol. The molecule has 5 heteroatoms. The van der Waals surface area contributed by atoms with Gasteiger partial charge in [0.15, 0.2) is 0 Å². The Labute approximate surface area is 132 Å². The summed E-state index contributed by atoms with van der Waals surface area (Å²) in [4.78, 5) is 7.53. The third-order valence-corrected chi connectivity index (χ3v) is 4.45. The van der Waals surface area contributed by atoms with Crippen molar-refractivity contribution in [3.8, 4) is 21.8 Å². The minimum atomic E-state index is 0.600. The normalized spacial score (nSPS) is 10.3. The van der Waals surface area contributed by atoms with Gasteiger partial charge in [-0.2, -0.15) is 0 Å². The first-order valence-corrected chi connectivity index (χ1v) is 7.74. The molecule has 0 N–H and O–H groups in total. The average molecular weight is 306 g/mol. The molecule has 0 radical (unpaired) electrons. The molecule has 0 amide bonds. The third kappa shape index (κ3) is 2.86. The lowest BCUT2D eigenvalue weighted by Crippen LogP contribution is -1.84. The molecule has 2 aromatic carbocycles. The minimum absolute atomic E-state index is 0.600. The zero-order valence-corrected chi connectivity index (χ0v) is 13.1. The lowest BCUT2D eigenvalue weighted by Gasteiger charge is -2.02. The fourth-order valence-corrected chi connectivity index (χ4v) is 3.02. The Morgan fingerprint density at radius 3 is 2.68 bits per heavy atom. The van der Waals surface area contributed by atoms with Gasteiger partial charge >= 0.3 is 0 Å². The van der Waals surface area contributed by atoms with Crippen LogP contribution in [0.2, 0.25) is 0 Å². The zero-order valence-electron chi connectivity index (χ0n) is 12.3.